The van der Waals surface area contributed by atoms with Crippen LogP contribution in [0.2, 0.25) is 0 Å². The van der Waals surface area contributed by atoms with Crippen molar-refractivity contribution in [1.29, 1.82) is 0 Å². The average Bonchev–Trinajstić information content (AvgIpc) is 2.28. The smallest absolute Gasteiger partial charge is 0.0248 e. The molecule has 0 aromatic heterocycles. The minimum Gasteiger partial charge on any atom is -0.315 e. The third-order valence-corrected chi connectivity index (χ3v) is 4.21. The van der Waals surface area contributed by atoms with Gasteiger partial charge in [-0.15, -0.1) is 0 Å². The van der Waals surface area contributed by atoms with Gasteiger partial charge in [-0.05, 0) is 45.2 Å². The first-order chi connectivity index (χ1) is 8.08. The highest BCUT2D eigenvalue weighted by atomic mass is 15.2. The van der Waals surface area contributed by atoms with E-state index >= 15 is 0 Å². The fraction of sp³-hybridized carbons (Fsp3) is 1.00. The van der Waals surface area contributed by atoms with Gasteiger partial charge in [0, 0.05) is 18.6 Å². The highest BCUT2D eigenvalue weighted by molar-refractivity contribution is 4.89. The van der Waals surface area contributed by atoms with E-state index in [4.69, 9.17) is 0 Å². The molecule has 17 heavy (non-hydrogen) atoms. The second kappa shape index (κ2) is 7.38. The van der Waals surface area contributed by atoms with Crippen molar-refractivity contribution in [2.24, 2.45) is 11.8 Å². The number of likely N-dealkylation sites (N-methyl/N-ethyl adjacent to an activating group) is 2. The molecule has 0 aromatic carbocycles. The zero-order chi connectivity index (χ0) is 12.8. The fourth-order valence-electron chi connectivity index (χ4n) is 3.44. The summed E-state index contributed by atoms with van der Waals surface area (Å²) in [4.78, 5) is 2.59. The van der Waals surface area contributed by atoms with Gasteiger partial charge in [-0.25, -0.2) is 0 Å². The maximum absolute atomic E-state index is 3.53. The fourth-order valence-corrected chi connectivity index (χ4v) is 3.44. The van der Waals surface area contributed by atoms with Crippen LogP contribution in [0.1, 0.15) is 52.9 Å². The molecule has 1 fully saturated rings. The van der Waals surface area contributed by atoms with Crippen LogP contribution in [-0.2, 0) is 0 Å². The van der Waals surface area contributed by atoms with Crippen molar-refractivity contribution in [3.8, 4) is 0 Å². The molecule has 0 bridgehead atoms. The Morgan fingerprint density at radius 2 is 2.00 bits per heavy atom. The number of rotatable bonds is 6. The van der Waals surface area contributed by atoms with E-state index in [2.05, 4.69) is 45.1 Å². The van der Waals surface area contributed by atoms with Crippen LogP contribution in [0.3, 0.4) is 0 Å². The van der Waals surface area contributed by atoms with Crippen LogP contribution in [-0.4, -0.2) is 37.6 Å². The zero-order valence-electron chi connectivity index (χ0n) is 12.5. The highest BCUT2D eigenvalue weighted by Gasteiger charge is 2.31. The topological polar surface area (TPSA) is 15.3 Å². The minimum atomic E-state index is 0.701. The second-order valence-corrected chi connectivity index (χ2v) is 6.26. The molecule has 0 aliphatic heterocycles. The van der Waals surface area contributed by atoms with Crippen molar-refractivity contribution in [2.45, 2.75) is 65.0 Å². The van der Waals surface area contributed by atoms with E-state index in [9.17, 15) is 0 Å². The third kappa shape index (κ3) is 4.59. The molecule has 3 atom stereocenters. The van der Waals surface area contributed by atoms with E-state index in [0.29, 0.717) is 6.04 Å². The summed E-state index contributed by atoms with van der Waals surface area (Å²) in [5.74, 6) is 1.73. The molecule has 0 heterocycles. The molecule has 1 rings (SSSR count). The Balaban J connectivity index is 2.55. The van der Waals surface area contributed by atoms with Gasteiger partial charge in [0.05, 0.1) is 0 Å². The SMILES string of the molecule is CCCC1CCC(NC)C(N(C)CC(C)C)C1. The van der Waals surface area contributed by atoms with E-state index < -0.39 is 0 Å². The summed E-state index contributed by atoms with van der Waals surface area (Å²) in [5, 5.41) is 3.53. The van der Waals surface area contributed by atoms with Crippen molar-refractivity contribution in [2.75, 3.05) is 20.6 Å². The van der Waals surface area contributed by atoms with Gasteiger partial charge in [0.2, 0.25) is 0 Å². The van der Waals surface area contributed by atoms with E-state index in [-0.39, 0.29) is 0 Å². The van der Waals surface area contributed by atoms with Gasteiger partial charge in [0.15, 0.2) is 0 Å². The number of nitrogens with zero attached hydrogens (tertiary/aromatic N) is 1. The van der Waals surface area contributed by atoms with Crippen LogP contribution in [0, 0.1) is 11.8 Å². The number of hydrogen-bond donors (Lipinski definition) is 1. The normalized spacial score (nSPS) is 30.2. The molecule has 3 unspecified atom stereocenters. The van der Waals surface area contributed by atoms with Crippen molar-refractivity contribution in [3.63, 3.8) is 0 Å². The molecule has 0 saturated heterocycles. The summed E-state index contributed by atoms with van der Waals surface area (Å²) < 4.78 is 0. The summed E-state index contributed by atoms with van der Waals surface area (Å²) in [7, 11) is 4.43. The van der Waals surface area contributed by atoms with Crippen molar-refractivity contribution in [1.82, 2.24) is 10.2 Å². The highest BCUT2D eigenvalue weighted by Crippen LogP contribution is 2.30. The van der Waals surface area contributed by atoms with Gasteiger partial charge in [-0.3, -0.25) is 0 Å². The number of hydrogen-bond acceptors (Lipinski definition) is 2. The molecular formula is C15H32N2. The van der Waals surface area contributed by atoms with E-state index in [1.54, 1.807) is 0 Å². The summed E-state index contributed by atoms with van der Waals surface area (Å²) in [6.07, 6.45) is 6.93. The molecular weight excluding hydrogens is 208 g/mol. The Morgan fingerprint density at radius 1 is 1.29 bits per heavy atom. The largest absolute Gasteiger partial charge is 0.315 e. The second-order valence-electron chi connectivity index (χ2n) is 6.26. The lowest BCUT2D eigenvalue weighted by molar-refractivity contribution is 0.110. The Hall–Kier alpha value is -0.0800. The first kappa shape index (κ1) is 15.0. The van der Waals surface area contributed by atoms with Crippen LogP contribution in [0.25, 0.3) is 0 Å². The van der Waals surface area contributed by atoms with Crippen molar-refractivity contribution < 1.29 is 0 Å². The Kier molecular flexibility index (Phi) is 6.50. The Morgan fingerprint density at radius 3 is 2.53 bits per heavy atom. The molecule has 0 amide bonds. The van der Waals surface area contributed by atoms with Crippen LogP contribution in [0.4, 0.5) is 0 Å². The van der Waals surface area contributed by atoms with Gasteiger partial charge in [0.1, 0.15) is 0 Å². The van der Waals surface area contributed by atoms with Crippen LogP contribution in [0.5, 0.6) is 0 Å². The summed E-state index contributed by atoms with van der Waals surface area (Å²) in [5.41, 5.74) is 0. The van der Waals surface area contributed by atoms with Gasteiger partial charge >= 0.3 is 0 Å². The van der Waals surface area contributed by atoms with Gasteiger partial charge in [0.25, 0.3) is 0 Å². The maximum atomic E-state index is 3.53. The van der Waals surface area contributed by atoms with Crippen LogP contribution >= 0.6 is 0 Å². The standard InChI is InChI=1S/C15H32N2/c1-6-7-13-8-9-14(16-4)15(10-13)17(5)11-12(2)3/h12-16H,6-11H2,1-5H3. The summed E-state index contributed by atoms with van der Waals surface area (Å²) in [6.45, 7) is 8.17. The molecule has 2 heteroatoms. The first-order valence-electron chi connectivity index (χ1n) is 7.45. The van der Waals surface area contributed by atoms with E-state index in [1.807, 2.05) is 0 Å². The van der Waals surface area contributed by atoms with E-state index in [0.717, 1.165) is 17.9 Å². The molecule has 1 aliphatic rings. The van der Waals surface area contributed by atoms with Crippen LogP contribution < -0.4 is 5.32 Å². The molecule has 1 saturated carbocycles. The first-order valence-corrected chi connectivity index (χ1v) is 7.45. The lowest BCUT2D eigenvalue weighted by Crippen LogP contribution is -2.51. The molecule has 1 aliphatic carbocycles. The molecule has 0 radical (unpaired) electrons. The van der Waals surface area contributed by atoms with Crippen molar-refractivity contribution in [3.05, 3.63) is 0 Å². The van der Waals surface area contributed by atoms with Gasteiger partial charge < -0.3 is 10.2 Å². The van der Waals surface area contributed by atoms with Gasteiger partial charge in [-0.1, -0.05) is 33.6 Å². The van der Waals surface area contributed by atoms with E-state index in [1.165, 1.54) is 38.6 Å². The molecule has 0 aromatic rings. The predicted molar refractivity (Wildman–Crippen MR) is 76.4 cm³/mol. The third-order valence-electron chi connectivity index (χ3n) is 4.21. The molecule has 0 spiro atoms. The molecule has 102 valence electrons. The molecule has 1 N–H and O–H groups in total. The average molecular weight is 240 g/mol. The Bertz CT molecular complexity index is 203. The predicted octanol–water partition coefficient (Wildman–Crippen LogP) is 3.13. The lowest BCUT2D eigenvalue weighted by Gasteiger charge is -2.42. The quantitative estimate of drug-likeness (QED) is 0.767. The Labute approximate surface area is 108 Å². The van der Waals surface area contributed by atoms with Crippen molar-refractivity contribution >= 4 is 0 Å². The maximum Gasteiger partial charge on any atom is 0.0248 e. The van der Waals surface area contributed by atoms with Crippen LogP contribution in [0.15, 0.2) is 0 Å². The summed E-state index contributed by atoms with van der Waals surface area (Å²) >= 11 is 0. The van der Waals surface area contributed by atoms with Gasteiger partial charge in [-0.2, -0.15) is 0 Å². The minimum absolute atomic E-state index is 0.701. The lowest BCUT2D eigenvalue weighted by atomic mass is 9.79. The molecule has 2 nitrogen and oxygen atoms in total. The monoisotopic (exact) mass is 240 g/mol. The summed E-state index contributed by atoms with van der Waals surface area (Å²) in [6, 6.07) is 1.44. The number of nitrogens with one attached hydrogen (secondary N) is 1. The zero-order valence-corrected chi connectivity index (χ0v) is 12.5.